The van der Waals surface area contributed by atoms with E-state index >= 15 is 0 Å². The zero-order chi connectivity index (χ0) is 14.7. The van der Waals surface area contributed by atoms with E-state index < -0.39 is 0 Å². The maximum absolute atomic E-state index is 12.3. The third-order valence-electron chi connectivity index (χ3n) is 3.05. The van der Waals surface area contributed by atoms with Gasteiger partial charge in [-0.3, -0.25) is 9.36 Å². The summed E-state index contributed by atoms with van der Waals surface area (Å²) in [5, 5.41) is 2.88. The molecule has 0 bridgehead atoms. The van der Waals surface area contributed by atoms with E-state index in [1.807, 2.05) is 31.2 Å². The molecule has 104 valence electrons. The highest BCUT2D eigenvalue weighted by Gasteiger charge is 2.08. The molecule has 0 saturated heterocycles. The van der Waals surface area contributed by atoms with Crippen LogP contribution in [0.25, 0.3) is 5.82 Å². The Balaban J connectivity index is 1.83. The molecule has 5 nitrogen and oxygen atoms in total. The van der Waals surface area contributed by atoms with Crippen molar-refractivity contribution in [3.63, 3.8) is 0 Å². The van der Waals surface area contributed by atoms with Crippen molar-refractivity contribution in [2.75, 3.05) is 5.32 Å². The summed E-state index contributed by atoms with van der Waals surface area (Å²) >= 11 is 0. The van der Waals surface area contributed by atoms with E-state index in [1.165, 1.54) is 0 Å². The highest BCUT2D eigenvalue weighted by Crippen LogP contribution is 2.13. The predicted molar refractivity (Wildman–Crippen MR) is 80.5 cm³/mol. The molecule has 0 aliphatic carbocycles. The molecule has 0 unspecified atom stereocenters. The molecule has 0 aliphatic rings. The van der Waals surface area contributed by atoms with Gasteiger partial charge in [0.1, 0.15) is 12.1 Å². The number of pyridine rings is 1. The third kappa shape index (κ3) is 2.97. The summed E-state index contributed by atoms with van der Waals surface area (Å²) in [6, 6.07) is 11.1. The Kier molecular flexibility index (Phi) is 3.47. The van der Waals surface area contributed by atoms with Gasteiger partial charge in [0.15, 0.2) is 0 Å². The van der Waals surface area contributed by atoms with E-state index in [0.29, 0.717) is 11.4 Å². The van der Waals surface area contributed by atoms with Gasteiger partial charge in [-0.25, -0.2) is 9.97 Å². The lowest BCUT2D eigenvalue weighted by molar-refractivity contribution is 0.102. The van der Waals surface area contributed by atoms with Crippen LogP contribution in [0.3, 0.4) is 0 Å². The number of aromatic nitrogens is 3. The molecular weight excluding hydrogens is 264 g/mol. The number of carbonyl (C=O) groups excluding carboxylic acids is 1. The normalized spacial score (nSPS) is 10.3. The van der Waals surface area contributed by atoms with Crippen LogP contribution in [0.1, 0.15) is 15.9 Å². The molecule has 21 heavy (non-hydrogen) atoms. The van der Waals surface area contributed by atoms with Crippen LogP contribution in [-0.2, 0) is 0 Å². The van der Waals surface area contributed by atoms with E-state index in [4.69, 9.17) is 0 Å². The van der Waals surface area contributed by atoms with Crippen LogP contribution in [0.5, 0.6) is 0 Å². The number of anilines is 1. The van der Waals surface area contributed by atoms with Crippen LogP contribution in [0.4, 0.5) is 5.69 Å². The molecule has 0 saturated carbocycles. The fraction of sp³-hybridized carbons (Fsp3) is 0.0625. The van der Waals surface area contributed by atoms with Crippen molar-refractivity contribution in [1.82, 2.24) is 14.5 Å². The molecule has 0 aliphatic heterocycles. The van der Waals surface area contributed by atoms with Gasteiger partial charge in [-0.1, -0.05) is 12.1 Å². The van der Waals surface area contributed by atoms with Gasteiger partial charge in [0.25, 0.3) is 5.91 Å². The van der Waals surface area contributed by atoms with E-state index in [2.05, 4.69) is 15.3 Å². The number of rotatable bonds is 3. The second-order valence-corrected chi connectivity index (χ2v) is 4.70. The molecule has 2 heterocycles. The lowest BCUT2D eigenvalue weighted by Gasteiger charge is -2.07. The van der Waals surface area contributed by atoms with Crippen molar-refractivity contribution in [2.24, 2.45) is 0 Å². The average molecular weight is 278 g/mol. The van der Waals surface area contributed by atoms with Gasteiger partial charge in [-0.2, -0.15) is 0 Å². The molecule has 1 aromatic carbocycles. The van der Waals surface area contributed by atoms with E-state index in [-0.39, 0.29) is 5.91 Å². The second kappa shape index (κ2) is 5.58. The van der Waals surface area contributed by atoms with Crippen molar-refractivity contribution in [2.45, 2.75) is 6.92 Å². The molecule has 0 radical (unpaired) electrons. The fourth-order valence-electron chi connectivity index (χ4n) is 2.02. The summed E-state index contributed by atoms with van der Waals surface area (Å²) in [7, 11) is 0. The number of hydrogen-bond donors (Lipinski definition) is 1. The van der Waals surface area contributed by atoms with Gasteiger partial charge >= 0.3 is 0 Å². The van der Waals surface area contributed by atoms with Crippen molar-refractivity contribution >= 4 is 11.6 Å². The van der Waals surface area contributed by atoms with Crippen LogP contribution in [0.2, 0.25) is 0 Å². The first-order valence-corrected chi connectivity index (χ1v) is 6.55. The highest BCUT2D eigenvalue weighted by atomic mass is 16.1. The quantitative estimate of drug-likeness (QED) is 0.801. The van der Waals surface area contributed by atoms with Gasteiger partial charge in [0, 0.05) is 29.8 Å². The minimum atomic E-state index is -0.163. The van der Waals surface area contributed by atoms with Crippen LogP contribution in [-0.4, -0.2) is 20.4 Å². The van der Waals surface area contributed by atoms with E-state index in [0.717, 1.165) is 11.3 Å². The Morgan fingerprint density at radius 3 is 2.86 bits per heavy atom. The summed E-state index contributed by atoms with van der Waals surface area (Å²) in [4.78, 5) is 20.5. The van der Waals surface area contributed by atoms with Gasteiger partial charge < -0.3 is 5.32 Å². The number of hydrogen-bond acceptors (Lipinski definition) is 3. The first kappa shape index (κ1) is 13.1. The zero-order valence-corrected chi connectivity index (χ0v) is 11.5. The number of benzene rings is 1. The molecule has 0 atom stereocenters. The van der Waals surface area contributed by atoms with Crippen molar-refractivity contribution in [3.8, 4) is 5.82 Å². The monoisotopic (exact) mass is 278 g/mol. The number of carbonyl (C=O) groups is 1. The van der Waals surface area contributed by atoms with Crippen molar-refractivity contribution in [3.05, 3.63) is 72.4 Å². The lowest BCUT2D eigenvalue weighted by atomic mass is 10.2. The van der Waals surface area contributed by atoms with E-state index in [1.54, 1.807) is 41.6 Å². The first-order chi connectivity index (χ1) is 10.2. The molecular formula is C16H14N4O. The highest BCUT2D eigenvalue weighted by molar-refractivity contribution is 6.04. The molecule has 3 aromatic rings. The van der Waals surface area contributed by atoms with Gasteiger partial charge in [0.2, 0.25) is 0 Å². The molecule has 0 fully saturated rings. The maximum atomic E-state index is 12.3. The lowest BCUT2D eigenvalue weighted by Crippen LogP contribution is -2.12. The number of nitrogens with one attached hydrogen (secondary N) is 1. The summed E-state index contributed by atoms with van der Waals surface area (Å²) < 4.78 is 1.75. The Morgan fingerprint density at radius 2 is 2.10 bits per heavy atom. The maximum Gasteiger partial charge on any atom is 0.255 e. The summed E-state index contributed by atoms with van der Waals surface area (Å²) in [6.07, 6.45) is 6.71. The largest absolute Gasteiger partial charge is 0.322 e. The molecule has 1 N–H and O–H groups in total. The van der Waals surface area contributed by atoms with Crippen molar-refractivity contribution < 1.29 is 4.79 Å². The van der Waals surface area contributed by atoms with Gasteiger partial charge in [0.05, 0.1) is 0 Å². The number of nitrogens with zero attached hydrogens (tertiary/aromatic N) is 3. The Bertz CT molecular complexity index is 765. The summed E-state index contributed by atoms with van der Waals surface area (Å²) in [5.41, 5.74) is 2.43. The third-order valence-corrected chi connectivity index (χ3v) is 3.05. The zero-order valence-electron chi connectivity index (χ0n) is 11.5. The second-order valence-electron chi connectivity index (χ2n) is 4.70. The minimum absolute atomic E-state index is 0.163. The number of imidazole rings is 1. The van der Waals surface area contributed by atoms with E-state index in [9.17, 15) is 4.79 Å². The molecule has 0 spiro atoms. The summed E-state index contributed by atoms with van der Waals surface area (Å²) in [5.74, 6) is 0.494. The molecule has 5 heteroatoms. The Morgan fingerprint density at radius 1 is 1.19 bits per heavy atom. The fourth-order valence-corrected chi connectivity index (χ4v) is 2.02. The first-order valence-electron chi connectivity index (χ1n) is 6.55. The number of aryl methyl sites for hydroxylation is 1. The molecule has 1 amide bonds. The Labute approximate surface area is 122 Å². The van der Waals surface area contributed by atoms with Gasteiger partial charge in [-0.15, -0.1) is 0 Å². The van der Waals surface area contributed by atoms with Crippen LogP contribution in [0, 0.1) is 6.92 Å². The van der Waals surface area contributed by atoms with Crippen LogP contribution < -0.4 is 5.32 Å². The van der Waals surface area contributed by atoms with Crippen LogP contribution >= 0.6 is 0 Å². The smallest absolute Gasteiger partial charge is 0.255 e. The predicted octanol–water partition coefficient (Wildman–Crippen LogP) is 2.83. The van der Waals surface area contributed by atoms with Crippen LogP contribution in [0.15, 0.2) is 61.3 Å². The average Bonchev–Trinajstić information content (AvgIpc) is 3.02. The summed E-state index contributed by atoms with van der Waals surface area (Å²) in [6.45, 7) is 1.99. The standard InChI is InChI=1S/C16H14N4O/c1-12-3-2-4-14(9-12)19-16(21)13-5-6-18-15(10-13)20-8-7-17-11-20/h2-11H,1H3,(H,19,21). The SMILES string of the molecule is Cc1cccc(NC(=O)c2ccnc(-n3ccnc3)c2)c1. The van der Waals surface area contributed by atoms with Crippen molar-refractivity contribution in [1.29, 1.82) is 0 Å². The molecule has 3 rings (SSSR count). The minimum Gasteiger partial charge on any atom is -0.322 e. The topological polar surface area (TPSA) is 59.8 Å². The number of amides is 1. The molecule has 2 aromatic heterocycles. The Hall–Kier alpha value is -2.95. The van der Waals surface area contributed by atoms with Gasteiger partial charge in [-0.05, 0) is 36.8 Å².